The monoisotopic (exact) mass is 493 g/mol. The third-order valence-corrected chi connectivity index (χ3v) is 6.85. The molecule has 12 heteroatoms. The largest absolute Gasteiger partial charge is 0.388 e. The van der Waals surface area contributed by atoms with Gasteiger partial charge in [-0.3, -0.25) is 9.79 Å². The van der Waals surface area contributed by atoms with E-state index in [4.69, 9.17) is 0 Å². The molecule has 8 nitrogen and oxygen atoms in total. The Morgan fingerprint density at radius 3 is 2.74 bits per heavy atom. The highest BCUT2D eigenvalue weighted by molar-refractivity contribution is 6.47. The molecule has 0 unspecified atom stereocenters. The maximum absolute atomic E-state index is 14.5. The van der Waals surface area contributed by atoms with E-state index in [9.17, 15) is 32.6 Å². The van der Waals surface area contributed by atoms with Gasteiger partial charge in [0.1, 0.15) is 42.1 Å². The molecule has 5 atom stereocenters. The minimum atomic E-state index is -3.50. The van der Waals surface area contributed by atoms with Crippen molar-refractivity contribution in [2.45, 2.75) is 62.7 Å². The molecule has 3 N–H and O–H groups in total. The normalized spacial score (nSPS) is 29.3. The van der Waals surface area contributed by atoms with Crippen molar-refractivity contribution in [2.24, 2.45) is 4.99 Å². The van der Waals surface area contributed by atoms with E-state index >= 15 is 0 Å². The number of halogens is 4. The van der Waals surface area contributed by atoms with Crippen LogP contribution >= 0.6 is 0 Å². The third-order valence-electron chi connectivity index (χ3n) is 6.85. The summed E-state index contributed by atoms with van der Waals surface area (Å²) in [5.74, 6) is -4.62. The number of rotatable bonds is 4. The van der Waals surface area contributed by atoms with E-state index in [1.165, 1.54) is 23.4 Å². The van der Waals surface area contributed by atoms with Crippen LogP contribution in [-0.2, 0) is 11.3 Å². The van der Waals surface area contributed by atoms with Gasteiger partial charge >= 0.3 is 0 Å². The van der Waals surface area contributed by atoms with Crippen LogP contribution in [0.1, 0.15) is 41.3 Å². The lowest BCUT2D eigenvalue weighted by Gasteiger charge is -2.26. The van der Waals surface area contributed by atoms with Gasteiger partial charge in [-0.1, -0.05) is 6.07 Å². The van der Waals surface area contributed by atoms with Gasteiger partial charge in [0.05, 0.1) is 36.4 Å². The number of benzene rings is 1. The molecule has 1 saturated heterocycles. The van der Waals surface area contributed by atoms with Crippen LogP contribution < -0.4 is 5.32 Å². The van der Waals surface area contributed by atoms with E-state index in [2.05, 4.69) is 20.3 Å². The quantitative estimate of drug-likeness (QED) is 0.563. The number of hydrogen-bond donors (Lipinski definition) is 3. The number of carbonyl (C=O) groups excluding carboxylic acids is 1. The van der Waals surface area contributed by atoms with Crippen LogP contribution in [0.15, 0.2) is 29.5 Å². The topological polar surface area (TPSA) is 111 Å². The first-order valence-corrected chi connectivity index (χ1v) is 11.2. The van der Waals surface area contributed by atoms with E-state index in [1.54, 1.807) is 13.0 Å². The molecule has 0 radical (unpaired) electrons. The lowest BCUT2D eigenvalue weighted by Crippen LogP contribution is -2.39. The highest BCUT2D eigenvalue weighted by Gasteiger charge is 2.55. The first-order chi connectivity index (χ1) is 16.6. The number of aliphatic imine (C=N–C) groups is 1. The molecular formula is C23H23F4N5O3. The molecule has 3 heterocycles. The summed E-state index contributed by atoms with van der Waals surface area (Å²) >= 11 is 0. The van der Waals surface area contributed by atoms with Crippen LogP contribution in [0.4, 0.5) is 23.4 Å². The molecule has 3 aliphatic rings. The van der Waals surface area contributed by atoms with Gasteiger partial charge < -0.3 is 20.4 Å². The number of hydrogen-bond acceptors (Lipinski definition) is 7. The number of amides is 1. The lowest BCUT2D eigenvalue weighted by molar-refractivity contribution is -0.125. The molecule has 5 rings (SSSR count). The molecule has 1 amide bonds. The average molecular weight is 493 g/mol. The fraction of sp³-hybridized carbons (Fsp3) is 0.478. The van der Waals surface area contributed by atoms with Gasteiger partial charge in [0.2, 0.25) is 0 Å². The van der Waals surface area contributed by atoms with Crippen molar-refractivity contribution in [3.8, 4) is 0 Å². The maximum Gasteiger partial charge on any atom is 0.278 e. The number of likely N-dealkylation sites (tertiary alicyclic amines) is 1. The molecule has 2 aromatic rings. The van der Waals surface area contributed by atoms with Gasteiger partial charge in [0.15, 0.2) is 0 Å². The van der Waals surface area contributed by atoms with Gasteiger partial charge in [-0.15, -0.1) is 0 Å². The fourth-order valence-corrected chi connectivity index (χ4v) is 5.03. The fourth-order valence-electron chi connectivity index (χ4n) is 5.03. The van der Waals surface area contributed by atoms with Crippen LogP contribution in [0.25, 0.3) is 0 Å². The summed E-state index contributed by atoms with van der Waals surface area (Å²) in [6, 6.07) is 2.18. The van der Waals surface area contributed by atoms with Crippen LogP contribution in [0.5, 0.6) is 0 Å². The Bertz CT molecular complexity index is 1210. The van der Waals surface area contributed by atoms with Gasteiger partial charge in [0.25, 0.3) is 11.8 Å². The second-order valence-electron chi connectivity index (χ2n) is 9.17. The first-order valence-electron chi connectivity index (χ1n) is 11.2. The Labute approximate surface area is 197 Å². The number of anilines is 1. The van der Waals surface area contributed by atoms with Crippen molar-refractivity contribution in [1.29, 1.82) is 0 Å². The summed E-state index contributed by atoms with van der Waals surface area (Å²) < 4.78 is 56.2. The zero-order chi connectivity index (χ0) is 25.1. The van der Waals surface area contributed by atoms with Crippen LogP contribution in [-0.4, -0.2) is 73.6 Å². The Morgan fingerprint density at radius 1 is 1.26 bits per heavy atom. The Morgan fingerprint density at radius 2 is 2.03 bits per heavy atom. The van der Waals surface area contributed by atoms with Gasteiger partial charge in [0, 0.05) is 12.8 Å². The van der Waals surface area contributed by atoms with Crippen molar-refractivity contribution < 1.29 is 32.6 Å². The smallest absolute Gasteiger partial charge is 0.278 e. The Balaban J connectivity index is 1.45. The summed E-state index contributed by atoms with van der Waals surface area (Å²) in [5, 5.41) is 22.4. The molecule has 0 spiro atoms. The number of nitrogens with one attached hydrogen (secondary N) is 1. The standard InChI is InChI=1S/C23H23F4N5O3/c1-10-2-3-11(24)4-13(10)16-5-12(25)8-32(16)22(35)18-17-15(7-28-18)29-9-30-21(17)31-14-6-23(26,27)20(34)19(14)33/h2-4,9,12,14,16,19-20,33-34H,5-8H2,1H3,(H,29,30,31)/t12-,14+,16+,19-,20-/m0/s1. The summed E-state index contributed by atoms with van der Waals surface area (Å²) in [7, 11) is 0. The third kappa shape index (κ3) is 4.04. The molecule has 2 aliphatic heterocycles. The van der Waals surface area contributed by atoms with Crippen LogP contribution in [0.2, 0.25) is 0 Å². The highest BCUT2D eigenvalue weighted by Crippen LogP contribution is 2.39. The molecule has 1 aliphatic carbocycles. The molecule has 2 fully saturated rings. The van der Waals surface area contributed by atoms with Crippen molar-refractivity contribution in [3.63, 3.8) is 0 Å². The van der Waals surface area contributed by atoms with E-state index in [-0.39, 0.29) is 36.6 Å². The predicted octanol–water partition coefficient (Wildman–Crippen LogP) is 2.08. The highest BCUT2D eigenvalue weighted by atomic mass is 19.3. The van der Waals surface area contributed by atoms with Crippen LogP contribution in [0.3, 0.4) is 0 Å². The summed E-state index contributed by atoms with van der Waals surface area (Å²) in [6.45, 7) is 1.55. The lowest BCUT2D eigenvalue weighted by atomic mass is 9.98. The second kappa shape index (κ2) is 8.52. The Hall–Kier alpha value is -3.12. The first kappa shape index (κ1) is 23.6. The molecular weight excluding hydrogens is 470 g/mol. The number of alkyl halides is 3. The predicted molar refractivity (Wildman–Crippen MR) is 116 cm³/mol. The second-order valence-corrected chi connectivity index (χ2v) is 9.17. The number of carbonyl (C=O) groups is 1. The molecule has 1 saturated carbocycles. The molecule has 1 aromatic carbocycles. The van der Waals surface area contributed by atoms with Gasteiger partial charge in [-0.05, 0) is 30.2 Å². The number of nitrogens with zero attached hydrogens (tertiary/aromatic N) is 4. The Kier molecular flexibility index (Phi) is 5.75. The number of aryl methyl sites for hydroxylation is 1. The minimum absolute atomic E-state index is 0.00281. The van der Waals surface area contributed by atoms with Gasteiger partial charge in [-0.25, -0.2) is 27.5 Å². The molecule has 0 bridgehead atoms. The van der Waals surface area contributed by atoms with Crippen molar-refractivity contribution in [3.05, 3.63) is 52.7 Å². The maximum atomic E-state index is 14.5. The van der Waals surface area contributed by atoms with E-state index in [0.29, 0.717) is 16.8 Å². The minimum Gasteiger partial charge on any atom is -0.388 e. The zero-order valence-corrected chi connectivity index (χ0v) is 18.6. The summed E-state index contributed by atoms with van der Waals surface area (Å²) in [5.41, 5.74) is 1.66. The number of aliphatic hydroxyl groups is 2. The average Bonchev–Trinajstić information content (AvgIpc) is 3.47. The van der Waals surface area contributed by atoms with Crippen molar-refractivity contribution >= 4 is 17.4 Å². The number of fused-ring (bicyclic) bond motifs is 1. The van der Waals surface area contributed by atoms with Crippen molar-refractivity contribution in [2.75, 3.05) is 11.9 Å². The van der Waals surface area contributed by atoms with E-state index in [0.717, 1.165) is 0 Å². The molecule has 35 heavy (non-hydrogen) atoms. The summed E-state index contributed by atoms with van der Waals surface area (Å²) in [6.07, 6.45) is -5.01. The molecule has 186 valence electrons. The molecule has 1 aromatic heterocycles. The zero-order valence-electron chi connectivity index (χ0n) is 18.6. The number of aromatic nitrogens is 2. The van der Waals surface area contributed by atoms with Gasteiger partial charge in [-0.2, -0.15) is 0 Å². The summed E-state index contributed by atoms with van der Waals surface area (Å²) in [4.78, 5) is 27.3. The number of aliphatic hydroxyl groups excluding tert-OH is 2. The van der Waals surface area contributed by atoms with Crippen LogP contribution in [0, 0.1) is 12.7 Å². The van der Waals surface area contributed by atoms with E-state index in [1.807, 2.05) is 0 Å². The van der Waals surface area contributed by atoms with E-state index < -0.39 is 54.5 Å². The van der Waals surface area contributed by atoms with Crippen molar-refractivity contribution in [1.82, 2.24) is 14.9 Å². The SMILES string of the molecule is Cc1ccc(F)cc1[C@H]1C[C@H](F)CN1C(=O)C1=NCc2ncnc(N[C@@H]3CC(F)(F)[C@@H](O)[C@H]3O)c21.